The largest absolute Gasteiger partial charge is 0.493 e. The predicted molar refractivity (Wildman–Crippen MR) is 92.4 cm³/mol. The molecule has 0 aliphatic carbocycles. The summed E-state index contributed by atoms with van der Waals surface area (Å²) in [5, 5.41) is 2.71. The van der Waals surface area contributed by atoms with Crippen LogP contribution < -0.4 is 19.5 Å². The number of nitrogens with one attached hydrogen (secondary N) is 2. The van der Waals surface area contributed by atoms with Crippen LogP contribution in [0.3, 0.4) is 0 Å². The van der Waals surface area contributed by atoms with Crippen molar-refractivity contribution in [2.45, 2.75) is 17.4 Å². The molecular formula is C17H18N2O5S. The molecule has 132 valence electrons. The third-order valence-electron chi connectivity index (χ3n) is 3.94. The lowest BCUT2D eigenvalue weighted by Crippen LogP contribution is -2.48. The van der Waals surface area contributed by atoms with Crippen LogP contribution in [0.2, 0.25) is 0 Å². The Hall–Kier alpha value is -2.58. The van der Waals surface area contributed by atoms with Crippen LogP contribution in [-0.2, 0) is 21.2 Å². The van der Waals surface area contributed by atoms with E-state index >= 15 is 0 Å². The van der Waals surface area contributed by atoms with Gasteiger partial charge in [-0.2, -0.15) is 4.72 Å². The molecule has 1 aliphatic rings. The van der Waals surface area contributed by atoms with Crippen LogP contribution in [0.5, 0.6) is 11.5 Å². The van der Waals surface area contributed by atoms with E-state index < -0.39 is 22.0 Å². The van der Waals surface area contributed by atoms with Gasteiger partial charge < -0.3 is 14.8 Å². The minimum absolute atomic E-state index is 0.0916. The number of amides is 1. The molecule has 0 radical (unpaired) electrons. The number of para-hydroxylation sites is 1. The van der Waals surface area contributed by atoms with Gasteiger partial charge in [0.15, 0.2) is 11.5 Å². The zero-order valence-corrected chi connectivity index (χ0v) is 14.6. The van der Waals surface area contributed by atoms with Crippen LogP contribution in [0.25, 0.3) is 0 Å². The fourth-order valence-electron chi connectivity index (χ4n) is 2.72. The van der Waals surface area contributed by atoms with Gasteiger partial charge in [0.1, 0.15) is 6.04 Å². The topological polar surface area (TPSA) is 93.7 Å². The lowest BCUT2D eigenvalue weighted by Gasteiger charge is -2.26. The maximum Gasteiger partial charge on any atom is 0.242 e. The Labute approximate surface area is 146 Å². The molecule has 1 aliphatic heterocycles. The van der Waals surface area contributed by atoms with E-state index in [1.165, 1.54) is 20.3 Å². The molecule has 2 N–H and O–H groups in total. The van der Waals surface area contributed by atoms with Crippen LogP contribution in [0.1, 0.15) is 5.56 Å². The van der Waals surface area contributed by atoms with Crippen LogP contribution in [-0.4, -0.2) is 34.6 Å². The van der Waals surface area contributed by atoms with Gasteiger partial charge in [0.25, 0.3) is 0 Å². The first-order valence-electron chi connectivity index (χ1n) is 7.57. The molecule has 2 aromatic carbocycles. The Kier molecular flexibility index (Phi) is 4.65. The summed E-state index contributed by atoms with van der Waals surface area (Å²) >= 11 is 0. The smallest absolute Gasteiger partial charge is 0.242 e. The summed E-state index contributed by atoms with van der Waals surface area (Å²) in [5.74, 6) is 0.314. The molecule has 0 aromatic heterocycles. The van der Waals surface area contributed by atoms with Crippen molar-refractivity contribution in [2.75, 3.05) is 19.5 Å². The lowest BCUT2D eigenvalue weighted by atomic mass is 10.0. The number of hydrogen-bond acceptors (Lipinski definition) is 5. The number of methoxy groups -OCH3 is 2. The van der Waals surface area contributed by atoms with Gasteiger partial charge in [-0.1, -0.05) is 18.2 Å². The summed E-state index contributed by atoms with van der Waals surface area (Å²) in [7, 11) is -0.927. The third-order valence-corrected chi connectivity index (χ3v) is 5.49. The van der Waals surface area contributed by atoms with E-state index in [0.717, 1.165) is 0 Å². The number of sulfonamides is 1. The number of carbonyl (C=O) groups excluding carboxylic acids is 1. The summed E-state index contributed by atoms with van der Waals surface area (Å²) in [6.07, 6.45) is 0.216. The van der Waals surface area contributed by atoms with Crippen molar-refractivity contribution in [3.05, 3.63) is 48.0 Å². The number of hydrogen-bond donors (Lipinski definition) is 2. The second kappa shape index (κ2) is 6.73. The second-order valence-corrected chi connectivity index (χ2v) is 7.23. The molecule has 0 saturated carbocycles. The molecule has 1 amide bonds. The third kappa shape index (κ3) is 3.45. The molecule has 0 saturated heterocycles. The van der Waals surface area contributed by atoms with Crippen molar-refractivity contribution in [2.24, 2.45) is 0 Å². The monoisotopic (exact) mass is 362 g/mol. The number of fused-ring (bicyclic) bond motifs is 1. The van der Waals surface area contributed by atoms with Gasteiger partial charge in [-0.15, -0.1) is 0 Å². The number of benzene rings is 2. The van der Waals surface area contributed by atoms with Gasteiger partial charge in [0, 0.05) is 11.8 Å². The summed E-state index contributed by atoms with van der Waals surface area (Å²) in [6.45, 7) is 0. The standard InChI is InChI=1S/C17H18N2O5S/c1-23-14-9-11-8-13(17(20)18-12-6-4-3-5-7-12)19-25(21,22)16(11)10-15(14)24-2/h3-7,9-10,13,19H,8H2,1-2H3,(H,18,20). The summed E-state index contributed by atoms with van der Waals surface area (Å²) in [4.78, 5) is 12.5. The van der Waals surface area contributed by atoms with Crippen LogP contribution in [0, 0.1) is 0 Å². The van der Waals surface area contributed by atoms with Crippen LogP contribution in [0.15, 0.2) is 47.4 Å². The summed E-state index contributed by atoms with van der Waals surface area (Å²) < 4.78 is 37.8. The van der Waals surface area contributed by atoms with Gasteiger partial charge in [0.05, 0.1) is 19.1 Å². The van der Waals surface area contributed by atoms with E-state index in [1.54, 1.807) is 30.3 Å². The van der Waals surface area contributed by atoms with Crippen LogP contribution in [0.4, 0.5) is 5.69 Å². The zero-order valence-electron chi connectivity index (χ0n) is 13.8. The molecule has 0 bridgehead atoms. The Morgan fingerprint density at radius 2 is 1.76 bits per heavy atom. The minimum atomic E-state index is -3.83. The first-order valence-corrected chi connectivity index (χ1v) is 9.06. The normalized spacial score (nSPS) is 18.1. The van der Waals surface area contributed by atoms with E-state index in [0.29, 0.717) is 22.7 Å². The van der Waals surface area contributed by atoms with Crippen molar-refractivity contribution in [1.29, 1.82) is 0 Å². The number of anilines is 1. The Morgan fingerprint density at radius 1 is 1.12 bits per heavy atom. The maximum atomic E-state index is 12.5. The zero-order chi connectivity index (χ0) is 18.0. The average molecular weight is 362 g/mol. The number of carbonyl (C=O) groups is 1. The highest BCUT2D eigenvalue weighted by Gasteiger charge is 2.34. The molecule has 1 heterocycles. The quantitative estimate of drug-likeness (QED) is 0.861. The second-order valence-electron chi connectivity index (χ2n) is 5.55. The van der Waals surface area contributed by atoms with Crippen molar-refractivity contribution >= 4 is 21.6 Å². The fourth-order valence-corrected chi connectivity index (χ4v) is 4.16. The number of ether oxygens (including phenoxy) is 2. The SMILES string of the molecule is COc1cc2c(cc1OC)S(=O)(=O)NC(C(=O)Nc1ccccc1)C2. The molecule has 25 heavy (non-hydrogen) atoms. The first-order chi connectivity index (χ1) is 11.9. The van der Waals surface area contributed by atoms with Gasteiger partial charge in [0.2, 0.25) is 15.9 Å². The van der Waals surface area contributed by atoms with Crippen molar-refractivity contribution in [1.82, 2.24) is 4.72 Å². The van der Waals surface area contributed by atoms with Crippen molar-refractivity contribution in [3.8, 4) is 11.5 Å². The average Bonchev–Trinajstić information content (AvgIpc) is 2.60. The lowest BCUT2D eigenvalue weighted by molar-refractivity contribution is -0.117. The van der Waals surface area contributed by atoms with E-state index in [2.05, 4.69) is 10.0 Å². The van der Waals surface area contributed by atoms with Crippen LogP contribution >= 0.6 is 0 Å². The van der Waals surface area contributed by atoms with E-state index in [9.17, 15) is 13.2 Å². The van der Waals surface area contributed by atoms with E-state index in [1.807, 2.05) is 6.07 Å². The number of rotatable bonds is 4. The van der Waals surface area contributed by atoms with E-state index in [-0.39, 0.29) is 11.3 Å². The molecule has 8 heteroatoms. The van der Waals surface area contributed by atoms with Gasteiger partial charge in [-0.05, 0) is 30.2 Å². The molecule has 1 atom stereocenters. The molecule has 0 fully saturated rings. The summed E-state index contributed by atoms with van der Waals surface area (Å²) in [5.41, 5.74) is 1.11. The highest BCUT2D eigenvalue weighted by molar-refractivity contribution is 7.89. The van der Waals surface area contributed by atoms with Gasteiger partial charge >= 0.3 is 0 Å². The highest BCUT2D eigenvalue weighted by atomic mass is 32.2. The predicted octanol–water partition coefficient (Wildman–Crippen LogP) is 1.55. The van der Waals surface area contributed by atoms with Gasteiger partial charge in [-0.3, -0.25) is 4.79 Å². The van der Waals surface area contributed by atoms with E-state index in [4.69, 9.17) is 9.47 Å². The maximum absolute atomic E-state index is 12.5. The Morgan fingerprint density at radius 3 is 2.40 bits per heavy atom. The first kappa shape index (κ1) is 17.2. The molecule has 3 rings (SSSR count). The molecule has 7 nitrogen and oxygen atoms in total. The fraction of sp³-hybridized carbons (Fsp3) is 0.235. The summed E-state index contributed by atoms with van der Waals surface area (Å²) in [6, 6.07) is 11.0. The molecular weight excluding hydrogens is 344 g/mol. The molecule has 0 spiro atoms. The van der Waals surface area contributed by atoms with Gasteiger partial charge in [-0.25, -0.2) is 8.42 Å². The van der Waals surface area contributed by atoms with Crippen molar-refractivity contribution in [3.63, 3.8) is 0 Å². The highest BCUT2D eigenvalue weighted by Crippen LogP contribution is 2.35. The Balaban J connectivity index is 1.91. The molecule has 1 unspecified atom stereocenters. The van der Waals surface area contributed by atoms with Crippen molar-refractivity contribution < 1.29 is 22.7 Å². The Bertz CT molecular complexity index is 897. The molecule has 2 aromatic rings. The minimum Gasteiger partial charge on any atom is -0.493 e.